The maximum absolute atomic E-state index is 12.6. The number of carbonyl (C=O) groups excluding carboxylic acids is 1. The molecule has 0 saturated heterocycles. The Hall–Kier alpha value is -2.15. The molecule has 0 fully saturated rings. The summed E-state index contributed by atoms with van der Waals surface area (Å²) in [5.74, 6) is -0.0714. The first-order valence-corrected chi connectivity index (χ1v) is 6.65. The van der Waals surface area contributed by atoms with Gasteiger partial charge < -0.3 is 15.6 Å². The van der Waals surface area contributed by atoms with Gasteiger partial charge in [-0.05, 0) is 13.8 Å². The summed E-state index contributed by atoms with van der Waals surface area (Å²) in [7, 11) is 0. The van der Waals surface area contributed by atoms with Crippen LogP contribution in [0.1, 0.15) is 34.4 Å². The van der Waals surface area contributed by atoms with Gasteiger partial charge in [-0.15, -0.1) is 0 Å². The first kappa shape index (κ1) is 12.9. The second-order valence-electron chi connectivity index (χ2n) is 5.16. The summed E-state index contributed by atoms with van der Waals surface area (Å²) >= 11 is 0. The third kappa shape index (κ3) is 2.00. The Bertz CT molecular complexity index is 624. The lowest BCUT2D eigenvalue weighted by atomic mass is 10.0. The fraction of sp³-hybridized carbons (Fsp3) is 0.462. The zero-order chi connectivity index (χ0) is 14.3. The molecular formula is C13H18N6O. The van der Waals surface area contributed by atoms with Crippen LogP contribution in [0.3, 0.4) is 0 Å². The molecule has 1 atom stereocenters. The molecule has 0 saturated carbocycles. The van der Waals surface area contributed by atoms with E-state index in [9.17, 15) is 4.79 Å². The third-order valence-electron chi connectivity index (χ3n) is 3.85. The summed E-state index contributed by atoms with van der Waals surface area (Å²) in [6, 6.07) is -0.668. The van der Waals surface area contributed by atoms with Crippen LogP contribution in [0.2, 0.25) is 0 Å². The lowest BCUT2D eigenvalue weighted by Gasteiger charge is -2.28. The Morgan fingerprint density at radius 3 is 3.00 bits per heavy atom. The number of hydrogen-bond acceptors (Lipinski definition) is 4. The summed E-state index contributed by atoms with van der Waals surface area (Å²) in [6.07, 6.45) is 2.43. The lowest BCUT2D eigenvalue weighted by Crippen LogP contribution is -2.41. The van der Waals surface area contributed by atoms with E-state index in [0.29, 0.717) is 13.1 Å². The number of nitrogens with one attached hydrogen (secondary N) is 2. The van der Waals surface area contributed by atoms with E-state index >= 15 is 0 Å². The van der Waals surface area contributed by atoms with Gasteiger partial charge in [-0.1, -0.05) is 0 Å². The molecule has 0 aliphatic carbocycles. The molecule has 2 aromatic rings. The van der Waals surface area contributed by atoms with Crippen LogP contribution in [0.5, 0.6) is 0 Å². The first-order chi connectivity index (χ1) is 9.58. The maximum Gasteiger partial charge on any atom is 0.244 e. The molecule has 2 aromatic heterocycles. The van der Waals surface area contributed by atoms with Crippen LogP contribution in [-0.2, 0) is 17.8 Å². The third-order valence-corrected chi connectivity index (χ3v) is 3.85. The number of aromatic amines is 2. The fourth-order valence-electron chi connectivity index (χ4n) is 2.74. The molecule has 0 bridgehead atoms. The predicted octanol–water partition coefficient (Wildman–Crippen LogP) is 0.334. The molecule has 4 N–H and O–H groups in total. The zero-order valence-corrected chi connectivity index (χ0v) is 11.6. The van der Waals surface area contributed by atoms with E-state index in [-0.39, 0.29) is 5.91 Å². The van der Waals surface area contributed by atoms with Crippen molar-refractivity contribution in [3.8, 4) is 0 Å². The summed E-state index contributed by atoms with van der Waals surface area (Å²) in [5.41, 5.74) is 10.6. The van der Waals surface area contributed by atoms with Gasteiger partial charge in [-0.3, -0.25) is 9.89 Å². The number of carbonyl (C=O) groups is 1. The van der Waals surface area contributed by atoms with Crippen LogP contribution in [0, 0.1) is 13.8 Å². The number of aryl methyl sites for hydroxylation is 2. The van der Waals surface area contributed by atoms with Crippen LogP contribution in [0.15, 0.2) is 6.33 Å². The standard InChI is InChI=1S/C13H18N6O/c1-7-11(8(2)18-17-7)12(14)13(20)19-4-3-9-10(5-19)16-6-15-9/h6,12H,3-5,14H2,1-2H3,(H,15,16)(H,17,18)/t12-/m1/s1. The van der Waals surface area contributed by atoms with E-state index < -0.39 is 6.04 Å². The number of aromatic nitrogens is 4. The monoisotopic (exact) mass is 274 g/mol. The molecule has 7 heteroatoms. The number of nitrogens with two attached hydrogens (primary N) is 1. The molecule has 0 radical (unpaired) electrons. The van der Waals surface area contributed by atoms with Gasteiger partial charge in [0.1, 0.15) is 6.04 Å². The van der Waals surface area contributed by atoms with E-state index in [2.05, 4.69) is 20.2 Å². The van der Waals surface area contributed by atoms with Gasteiger partial charge in [0.05, 0.1) is 30.0 Å². The van der Waals surface area contributed by atoms with Gasteiger partial charge in [0.15, 0.2) is 0 Å². The number of imidazole rings is 1. The topological polar surface area (TPSA) is 104 Å². The second-order valence-corrected chi connectivity index (χ2v) is 5.16. The molecule has 1 amide bonds. The van der Waals surface area contributed by atoms with Crippen molar-refractivity contribution < 1.29 is 4.79 Å². The molecule has 1 aliphatic rings. The van der Waals surface area contributed by atoms with Gasteiger partial charge in [0.25, 0.3) is 0 Å². The lowest BCUT2D eigenvalue weighted by molar-refractivity contribution is -0.133. The average Bonchev–Trinajstić information content (AvgIpc) is 3.03. The SMILES string of the molecule is Cc1n[nH]c(C)c1[C@@H](N)C(=O)N1CCc2nc[nH]c2C1. The molecular weight excluding hydrogens is 256 g/mol. The van der Waals surface area contributed by atoms with Crippen LogP contribution in [-0.4, -0.2) is 37.5 Å². The predicted molar refractivity (Wildman–Crippen MR) is 72.7 cm³/mol. The van der Waals surface area contributed by atoms with Gasteiger partial charge in [-0.2, -0.15) is 5.10 Å². The Balaban J connectivity index is 1.80. The highest BCUT2D eigenvalue weighted by molar-refractivity contribution is 5.83. The number of hydrogen-bond donors (Lipinski definition) is 3. The van der Waals surface area contributed by atoms with E-state index in [0.717, 1.165) is 34.8 Å². The number of fused-ring (bicyclic) bond motifs is 1. The van der Waals surface area contributed by atoms with Crippen molar-refractivity contribution in [3.63, 3.8) is 0 Å². The molecule has 106 valence electrons. The van der Waals surface area contributed by atoms with Gasteiger partial charge in [0, 0.05) is 24.2 Å². The van der Waals surface area contributed by atoms with Crippen molar-refractivity contribution in [2.24, 2.45) is 5.73 Å². The van der Waals surface area contributed by atoms with Gasteiger partial charge in [-0.25, -0.2) is 4.98 Å². The molecule has 0 spiro atoms. The van der Waals surface area contributed by atoms with Crippen molar-refractivity contribution in [1.29, 1.82) is 0 Å². The molecule has 1 aliphatic heterocycles. The Morgan fingerprint density at radius 1 is 1.50 bits per heavy atom. The zero-order valence-electron chi connectivity index (χ0n) is 11.6. The normalized spacial score (nSPS) is 16.1. The van der Waals surface area contributed by atoms with E-state index in [1.54, 1.807) is 11.2 Å². The largest absolute Gasteiger partial charge is 0.347 e. The number of rotatable bonds is 2. The second kappa shape index (κ2) is 4.75. The van der Waals surface area contributed by atoms with Crippen molar-refractivity contribution in [3.05, 3.63) is 34.7 Å². The quantitative estimate of drug-likeness (QED) is 0.734. The Labute approximate surface area is 116 Å². The Morgan fingerprint density at radius 2 is 2.30 bits per heavy atom. The smallest absolute Gasteiger partial charge is 0.244 e. The first-order valence-electron chi connectivity index (χ1n) is 6.65. The fourth-order valence-corrected chi connectivity index (χ4v) is 2.74. The minimum atomic E-state index is -0.668. The molecule has 0 aromatic carbocycles. The highest BCUT2D eigenvalue weighted by Crippen LogP contribution is 2.22. The van der Waals surface area contributed by atoms with Crippen LogP contribution in [0.25, 0.3) is 0 Å². The summed E-state index contributed by atoms with van der Waals surface area (Å²) in [6.45, 7) is 4.93. The minimum absolute atomic E-state index is 0.0714. The van der Waals surface area contributed by atoms with Crippen molar-refractivity contribution in [2.45, 2.75) is 32.9 Å². The van der Waals surface area contributed by atoms with Gasteiger partial charge in [0.2, 0.25) is 5.91 Å². The van der Waals surface area contributed by atoms with E-state index in [4.69, 9.17) is 5.73 Å². The molecule has 20 heavy (non-hydrogen) atoms. The number of nitrogens with zero attached hydrogens (tertiary/aromatic N) is 3. The number of amides is 1. The van der Waals surface area contributed by atoms with Crippen LogP contribution in [0.4, 0.5) is 0 Å². The van der Waals surface area contributed by atoms with Crippen molar-refractivity contribution in [2.75, 3.05) is 6.54 Å². The molecule has 3 heterocycles. The summed E-state index contributed by atoms with van der Waals surface area (Å²) in [4.78, 5) is 21.6. The summed E-state index contributed by atoms with van der Waals surface area (Å²) < 4.78 is 0. The van der Waals surface area contributed by atoms with Crippen LogP contribution < -0.4 is 5.73 Å². The highest BCUT2D eigenvalue weighted by Gasteiger charge is 2.29. The molecule has 7 nitrogen and oxygen atoms in total. The van der Waals surface area contributed by atoms with Gasteiger partial charge >= 0.3 is 0 Å². The van der Waals surface area contributed by atoms with E-state index in [1.165, 1.54) is 0 Å². The highest BCUT2D eigenvalue weighted by atomic mass is 16.2. The molecule has 0 unspecified atom stereocenters. The maximum atomic E-state index is 12.6. The van der Waals surface area contributed by atoms with E-state index in [1.807, 2.05) is 13.8 Å². The minimum Gasteiger partial charge on any atom is -0.347 e. The molecule has 3 rings (SSSR count). The summed E-state index contributed by atoms with van der Waals surface area (Å²) in [5, 5.41) is 6.97. The average molecular weight is 274 g/mol. The number of H-pyrrole nitrogens is 2. The van der Waals surface area contributed by atoms with Crippen molar-refractivity contribution in [1.82, 2.24) is 25.1 Å². The van der Waals surface area contributed by atoms with Crippen LogP contribution >= 0.6 is 0 Å². The Kier molecular flexibility index (Phi) is 3.06. The van der Waals surface area contributed by atoms with Crippen molar-refractivity contribution >= 4 is 5.91 Å².